The van der Waals surface area contributed by atoms with Crippen LogP contribution in [0.2, 0.25) is 0 Å². The number of methoxy groups -OCH3 is 1. The molecule has 0 saturated carbocycles. The first-order chi connectivity index (χ1) is 10.7. The maximum Gasteiger partial charge on any atom is 0.276 e. The molecule has 6 nitrogen and oxygen atoms in total. The number of ether oxygens (including phenoxy) is 1. The van der Waals surface area contributed by atoms with E-state index < -0.39 is 0 Å². The molecule has 7 heteroatoms. The Morgan fingerprint density at radius 1 is 1.55 bits per heavy atom. The van der Waals surface area contributed by atoms with Crippen LogP contribution in [0.1, 0.15) is 29.9 Å². The van der Waals surface area contributed by atoms with Crippen molar-refractivity contribution >= 4 is 17.2 Å². The molecular weight excluding hydrogens is 300 g/mol. The maximum absolute atomic E-state index is 12.6. The zero-order valence-corrected chi connectivity index (χ0v) is 14.0. The minimum absolute atomic E-state index is 0.0751. The summed E-state index contributed by atoms with van der Waals surface area (Å²) < 4.78 is 6.63. The smallest absolute Gasteiger partial charge is 0.276 e. The van der Waals surface area contributed by atoms with Gasteiger partial charge in [0.15, 0.2) is 5.69 Å². The van der Waals surface area contributed by atoms with Crippen LogP contribution in [0.4, 0.5) is 0 Å². The van der Waals surface area contributed by atoms with Crippen LogP contribution < -0.4 is 0 Å². The molecule has 2 heterocycles. The average molecular weight is 322 g/mol. The lowest BCUT2D eigenvalue weighted by molar-refractivity contribution is 0.0697. The number of aromatic nitrogens is 3. The van der Waals surface area contributed by atoms with E-state index in [1.54, 1.807) is 29.3 Å². The van der Waals surface area contributed by atoms with Gasteiger partial charge in [-0.2, -0.15) is 11.3 Å². The van der Waals surface area contributed by atoms with Crippen molar-refractivity contribution in [2.75, 3.05) is 20.3 Å². The van der Waals surface area contributed by atoms with Crippen LogP contribution in [0.3, 0.4) is 0 Å². The highest BCUT2D eigenvalue weighted by atomic mass is 32.1. The molecule has 2 rings (SSSR count). The van der Waals surface area contributed by atoms with Gasteiger partial charge in [-0.15, -0.1) is 5.10 Å². The molecule has 0 fully saturated rings. The highest BCUT2D eigenvalue weighted by Crippen LogP contribution is 2.14. The summed E-state index contributed by atoms with van der Waals surface area (Å²) in [5.74, 6) is -0.0751. The van der Waals surface area contributed by atoms with Crippen LogP contribution in [-0.4, -0.2) is 52.1 Å². The van der Waals surface area contributed by atoms with Crippen molar-refractivity contribution in [3.05, 3.63) is 34.3 Å². The number of rotatable bonds is 8. The molecule has 0 radical (unpaired) electrons. The molecule has 0 bridgehead atoms. The first kappa shape index (κ1) is 16.6. The molecule has 1 unspecified atom stereocenters. The van der Waals surface area contributed by atoms with Gasteiger partial charge < -0.3 is 9.64 Å². The Kier molecular flexibility index (Phi) is 6.09. The van der Waals surface area contributed by atoms with E-state index in [0.29, 0.717) is 25.4 Å². The zero-order chi connectivity index (χ0) is 15.9. The second-order valence-corrected chi connectivity index (χ2v) is 5.92. The van der Waals surface area contributed by atoms with Crippen molar-refractivity contribution < 1.29 is 9.53 Å². The largest absolute Gasteiger partial charge is 0.383 e. The van der Waals surface area contributed by atoms with Gasteiger partial charge in [0.1, 0.15) is 0 Å². The molecular formula is C15H22N4O2S. The van der Waals surface area contributed by atoms with Crippen LogP contribution in [-0.2, 0) is 17.7 Å². The van der Waals surface area contributed by atoms with Crippen molar-refractivity contribution in [1.82, 2.24) is 19.9 Å². The number of hydrogen-bond acceptors (Lipinski definition) is 5. The van der Waals surface area contributed by atoms with Gasteiger partial charge in [-0.3, -0.25) is 4.79 Å². The number of amides is 1. The average Bonchev–Trinajstić information content (AvgIpc) is 3.17. The summed E-state index contributed by atoms with van der Waals surface area (Å²) in [4.78, 5) is 14.5. The number of nitrogens with zero attached hydrogens (tertiary/aromatic N) is 4. The standard InChI is InChI=1S/C15H22N4O2S/c1-4-19(12(2)9-13-5-8-22-11-13)15(20)14-10-18(17-16-14)6-7-21-3/h5,8,10-12H,4,6-7,9H2,1-3H3. The molecule has 0 saturated heterocycles. The molecule has 1 amide bonds. The van der Waals surface area contributed by atoms with Gasteiger partial charge in [-0.05, 0) is 42.7 Å². The summed E-state index contributed by atoms with van der Waals surface area (Å²) in [6.45, 7) is 5.83. The number of thiophene rings is 1. The van der Waals surface area contributed by atoms with Gasteiger partial charge in [0.2, 0.25) is 0 Å². The van der Waals surface area contributed by atoms with E-state index >= 15 is 0 Å². The quantitative estimate of drug-likeness (QED) is 0.746. The summed E-state index contributed by atoms with van der Waals surface area (Å²) in [7, 11) is 1.63. The number of carbonyl (C=O) groups excluding carboxylic acids is 1. The molecule has 0 spiro atoms. The van der Waals surface area contributed by atoms with Crippen molar-refractivity contribution in [1.29, 1.82) is 0 Å². The zero-order valence-electron chi connectivity index (χ0n) is 13.2. The van der Waals surface area contributed by atoms with E-state index in [-0.39, 0.29) is 11.9 Å². The van der Waals surface area contributed by atoms with E-state index in [0.717, 1.165) is 6.42 Å². The maximum atomic E-state index is 12.6. The van der Waals surface area contributed by atoms with Crippen molar-refractivity contribution in [2.45, 2.75) is 32.9 Å². The third kappa shape index (κ3) is 4.14. The minimum atomic E-state index is -0.0751. The van der Waals surface area contributed by atoms with Crippen LogP contribution >= 0.6 is 11.3 Å². The molecule has 22 heavy (non-hydrogen) atoms. The normalized spacial score (nSPS) is 12.3. The fourth-order valence-corrected chi connectivity index (χ4v) is 3.03. The Bertz CT molecular complexity index is 582. The van der Waals surface area contributed by atoms with Gasteiger partial charge in [-0.1, -0.05) is 5.21 Å². The summed E-state index contributed by atoms with van der Waals surface area (Å²) in [5.41, 5.74) is 1.64. The van der Waals surface area contributed by atoms with E-state index in [1.807, 2.05) is 11.8 Å². The predicted molar refractivity (Wildman–Crippen MR) is 86.1 cm³/mol. The van der Waals surface area contributed by atoms with Crippen LogP contribution in [0, 0.1) is 0 Å². The van der Waals surface area contributed by atoms with Gasteiger partial charge in [0, 0.05) is 19.7 Å². The van der Waals surface area contributed by atoms with E-state index in [4.69, 9.17) is 4.74 Å². The third-order valence-electron chi connectivity index (χ3n) is 3.53. The summed E-state index contributed by atoms with van der Waals surface area (Å²) in [6.07, 6.45) is 2.53. The fraction of sp³-hybridized carbons (Fsp3) is 0.533. The Hall–Kier alpha value is -1.73. The summed E-state index contributed by atoms with van der Waals surface area (Å²) in [5, 5.41) is 12.1. The second-order valence-electron chi connectivity index (χ2n) is 5.14. The van der Waals surface area contributed by atoms with Crippen LogP contribution in [0.5, 0.6) is 0 Å². The topological polar surface area (TPSA) is 60.2 Å². The highest BCUT2D eigenvalue weighted by Gasteiger charge is 2.22. The van der Waals surface area contributed by atoms with Crippen molar-refractivity contribution in [3.8, 4) is 0 Å². The molecule has 2 aromatic heterocycles. The number of hydrogen-bond donors (Lipinski definition) is 0. The van der Waals surface area contributed by atoms with Crippen molar-refractivity contribution in [3.63, 3.8) is 0 Å². The van der Waals surface area contributed by atoms with Gasteiger partial charge in [0.05, 0.1) is 19.3 Å². The van der Waals surface area contributed by atoms with E-state index in [2.05, 4.69) is 34.1 Å². The lowest BCUT2D eigenvalue weighted by atomic mass is 10.1. The molecule has 0 aliphatic rings. The van der Waals surface area contributed by atoms with Crippen molar-refractivity contribution in [2.24, 2.45) is 0 Å². The second kappa shape index (κ2) is 8.05. The van der Waals surface area contributed by atoms with Crippen LogP contribution in [0.25, 0.3) is 0 Å². The predicted octanol–water partition coefficient (Wildman–Crippen LogP) is 2.08. The van der Waals surface area contributed by atoms with Gasteiger partial charge in [-0.25, -0.2) is 4.68 Å². The molecule has 1 atom stereocenters. The monoisotopic (exact) mass is 322 g/mol. The third-order valence-corrected chi connectivity index (χ3v) is 4.26. The fourth-order valence-electron chi connectivity index (χ4n) is 2.35. The molecule has 0 aromatic carbocycles. The lowest BCUT2D eigenvalue weighted by Crippen LogP contribution is -2.39. The molecule has 0 N–H and O–H groups in total. The molecule has 0 aliphatic carbocycles. The first-order valence-corrected chi connectivity index (χ1v) is 8.31. The number of carbonyl (C=O) groups is 1. The molecule has 0 aliphatic heterocycles. The number of likely N-dealkylation sites (N-methyl/N-ethyl adjacent to an activating group) is 1. The molecule has 120 valence electrons. The molecule has 2 aromatic rings. The Balaban J connectivity index is 2.02. The Morgan fingerprint density at radius 2 is 2.36 bits per heavy atom. The SMILES string of the molecule is CCN(C(=O)c1cn(CCOC)nn1)C(C)Cc1ccsc1. The first-order valence-electron chi connectivity index (χ1n) is 7.36. The van der Waals surface area contributed by atoms with Gasteiger partial charge in [0.25, 0.3) is 5.91 Å². The highest BCUT2D eigenvalue weighted by molar-refractivity contribution is 7.07. The Morgan fingerprint density at radius 3 is 3.00 bits per heavy atom. The minimum Gasteiger partial charge on any atom is -0.383 e. The lowest BCUT2D eigenvalue weighted by Gasteiger charge is -2.27. The van der Waals surface area contributed by atoms with E-state index in [9.17, 15) is 4.79 Å². The van der Waals surface area contributed by atoms with Crippen LogP contribution in [0.15, 0.2) is 23.0 Å². The summed E-state index contributed by atoms with van der Waals surface area (Å²) in [6, 6.07) is 2.22. The van der Waals surface area contributed by atoms with E-state index in [1.165, 1.54) is 5.56 Å². The van der Waals surface area contributed by atoms with Gasteiger partial charge >= 0.3 is 0 Å². The summed E-state index contributed by atoms with van der Waals surface area (Å²) >= 11 is 1.68. The Labute approximate surface area is 134 Å².